The van der Waals surface area contributed by atoms with Crippen LogP contribution in [0.3, 0.4) is 0 Å². The lowest BCUT2D eigenvalue weighted by Gasteiger charge is -2.15. The lowest BCUT2D eigenvalue weighted by atomic mass is 10.2. The second-order valence-corrected chi connectivity index (χ2v) is 17.5. The minimum absolute atomic E-state index is 0.107. The highest BCUT2D eigenvalue weighted by Gasteiger charge is 2.27. The fourth-order valence-corrected chi connectivity index (χ4v) is 7.34. The van der Waals surface area contributed by atoms with Gasteiger partial charge in [-0.15, -0.1) is 23.5 Å². The second-order valence-electron chi connectivity index (χ2n) is 13.0. The first kappa shape index (κ1) is 43.6. The number of rotatable bonds is 11. The monoisotopic (exact) mass is 1060 g/mol. The lowest BCUT2D eigenvalue weighted by Crippen LogP contribution is -2.22. The molecular weight excluding hydrogens is 1020 g/mol. The third-order valence-electron chi connectivity index (χ3n) is 8.87. The van der Waals surface area contributed by atoms with Gasteiger partial charge < -0.3 is 21.3 Å². The summed E-state index contributed by atoms with van der Waals surface area (Å²) in [6.45, 7) is 0. The zero-order chi connectivity index (χ0) is 40.7. The van der Waals surface area contributed by atoms with Gasteiger partial charge in [0, 0.05) is 103 Å². The molecule has 0 amide bonds. The quantitative estimate of drug-likeness (QED) is 0.0570. The van der Waals surface area contributed by atoms with Gasteiger partial charge in [0.1, 0.15) is 0 Å². The van der Waals surface area contributed by atoms with E-state index in [4.69, 9.17) is 11.6 Å². The van der Waals surface area contributed by atoms with E-state index < -0.39 is 0 Å². The van der Waals surface area contributed by atoms with Crippen molar-refractivity contribution < 1.29 is 0 Å². The number of nitrogens with one attached hydrogen (secondary N) is 4. The number of nitrogens with zero attached hydrogens (tertiary/aromatic N) is 11. The molecule has 0 unspecified atom stereocenters. The van der Waals surface area contributed by atoms with Crippen LogP contribution in [0.4, 0.5) is 23.8 Å². The van der Waals surface area contributed by atoms with Crippen molar-refractivity contribution >= 4 is 104 Å². The standard InChI is InChI=1S/C19H21N7OS.C14H17IN6S.C4H2ClIN2/c1-28-16-11-22-19(23-12-16)25-14-6-5-13(8-14)24-18-20-9-15(10-21-18)26-7-3-2-4-17(26)27;1-22-12-7-18-14(19-8-12)21-11-3-2-10(4-11)20-13-16-5-9(15)6-17-13;5-4-7-1-3(6)2-8-4/h2-4,7,9-14H,5-6,8H2,1H3,(H,20,21,24)(H,22,23,25);5-8,10-11H,2-4H2,1H3,(H,16,17,20)(H,18,19,21);1-2H/t13-,14-;10-,11-;/m00./s1. The molecule has 21 heteroatoms. The van der Waals surface area contributed by atoms with Crippen molar-refractivity contribution in [2.24, 2.45) is 0 Å². The highest BCUT2D eigenvalue weighted by atomic mass is 127. The van der Waals surface area contributed by atoms with E-state index >= 15 is 0 Å². The summed E-state index contributed by atoms with van der Waals surface area (Å²) in [5.74, 6) is 2.64. The Bertz CT molecular complexity index is 2190. The lowest BCUT2D eigenvalue weighted by molar-refractivity contribution is 0.712. The van der Waals surface area contributed by atoms with E-state index in [0.717, 1.165) is 55.5 Å². The first-order valence-electron chi connectivity index (χ1n) is 18.1. The number of anilines is 4. The molecule has 6 aromatic rings. The Morgan fingerprint density at radius 2 is 0.931 bits per heavy atom. The van der Waals surface area contributed by atoms with Crippen molar-refractivity contribution in [2.45, 2.75) is 72.5 Å². The Hall–Kier alpha value is -4.00. The molecule has 0 saturated heterocycles. The summed E-state index contributed by atoms with van der Waals surface area (Å²) in [6, 6.07) is 6.41. The Morgan fingerprint density at radius 3 is 1.29 bits per heavy atom. The average molecular weight is 1060 g/mol. The highest BCUT2D eigenvalue weighted by Crippen LogP contribution is 2.26. The fourth-order valence-electron chi connectivity index (χ4n) is 6.05. The number of pyridine rings is 1. The van der Waals surface area contributed by atoms with E-state index in [2.05, 4.69) is 116 Å². The number of aromatic nitrogens is 11. The largest absolute Gasteiger partial charge is 0.351 e. The van der Waals surface area contributed by atoms with Gasteiger partial charge in [-0.25, -0.2) is 49.8 Å². The zero-order valence-corrected chi connectivity index (χ0v) is 38.1. The molecule has 2 aliphatic carbocycles. The maximum absolute atomic E-state index is 11.9. The van der Waals surface area contributed by atoms with Gasteiger partial charge in [-0.3, -0.25) is 9.36 Å². The molecule has 2 aliphatic rings. The van der Waals surface area contributed by atoms with E-state index in [9.17, 15) is 4.79 Å². The third kappa shape index (κ3) is 13.8. The molecular formula is C37H40ClI2N15OS2. The molecule has 4 atom stereocenters. The van der Waals surface area contributed by atoms with Gasteiger partial charge in [-0.2, -0.15) is 0 Å². The van der Waals surface area contributed by atoms with Gasteiger partial charge in [-0.1, -0.05) is 6.07 Å². The van der Waals surface area contributed by atoms with Crippen LogP contribution < -0.4 is 26.8 Å². The zero-order valence-electron chi connectivity index (χ0n) is 31.4. The van der Waals surface area contributed by atoms with Crippen LogP contribution >= 0.6 is 80.3 Å². The Kier molecular flexibility index (Phi) is 16.8. The van der Waals surface area contributed by atoms with Crippen LogP contribution in [0.5, 0.6) is 0 Å². The summed E-state index contributed by atoms with van der Waals surface area (Å²) in [7, 11) is 0. The van der Waals surface area contributed by atoms with Gasteiger partial charge in [-0.05, 0) is 114 Å². The maximum Gasteiger partial charge on any atom is 0.255 e. The smallest absolute Gasteiger partial charge is 0.255 e. The van der Waals surface area contributed by atoms with Gasteiger partial charge in [0.05, 0.1) is 18.1 Å². The molecule has 0 bridgehead atoms. The molecule has 2 saturated carbocycles. The maximum atomic E-state index is 11.9. The van der Waals surface area contributed by atoms with Crippen molar-refractivity contribution in [1.29, 1.82) is 0 Å². The Labute approximate surface area is 376 Å². The average Bonchev–Trinajstić information content (AvgIpc) is 3.90. The molecule has 16 nitrogen and oxygen atoms in total. The Morgan fingerprint density at radius 1 is 0.569 bits per heavy atom. The van der Waals surface area contributed by atoms with Crippen LogP contribution in [0.15, 0.2) is 101 Å². The normalized spacial score (nSPS) is 18.2. The summed E-state index contributed by atoms with van der Waals surface area (Å²) in [5.41, 5.74) is 0.539. The van der Waals surface area contributed by atoms with Crippen molar-refractivity contribution in [2.75, 3.05) is 33.8 Å². The van der Waals surface area contributed by atoms with Crippen LogP contribution in [-0.4, -0.2) is 91.1 Å². The van der Waals surface area contributed by atoms with Gasteiger partial charge in [0.2, 0.25) is 29.1 Å². The molecule has 302 valence electrons. The number of hydrogen-bond donors (Lipinski definition) is 4. The number of thioether (sulfide) groups is 2. The highest BCUT2D eigenvalue weighted by molar-refractivity contribution is 14.1. The fraction of sp³-hybridized carbons (Fsp3) is 0.324. The summed E-state index contributed by atoms with van der Waals surface area (Å²) >= 11 is 13.0. The van der Waals surface area contributed by atoms with Gasteiger partial charge in [0.25, 0.3) is 5.56 Å². The Balaban J connectivity index is 0.000000167. The predicted octanol–water partition coefficient (Wildman–Crippen LogP) is 7.36. The van der Waals surface area contributed by atoms with E-state index in [1.165, 1.54) is 10.6 Å². The van der Waals surface area contributed by atoms with Crippen molar-refractivity contribution in [3.63, 3.8) is 0 Å². The summed E-state index contributed by atoms with van der Waals surface area (Å²) in [5, 5.41) is 13.9. The third-order valence-corrected chi connectivity index (χ3v) is 11.5. The van der Waals surface area contributed by atoms with Crippen molar-refractivity contribution in [3.05, 3.63) is 109 Å². The first-order chi connectivity index (χ1) is 28.2. The first-order valence-corrected chi connectivity index (χ1v) is 23.1. The summed E-state index contributed by atoms with van der Waals surface area (Å²) in [6.07, 6.45) is 29.6. The SMILES string of the molecule is CSc1cnc(N[C@H]2CC[C@H](Nc3ncc(-n4ccccc4=O)cn3)C2)nc1.CSc1cnc(N[C@H]2CC[C@H](Nc3ncc(I)cn3)C2)nc1.Clc1ncc(I)cn1. The molecule has 0 aliphatic heterocycles. The van der Waals surface area contributed by atoms with Crippen molar-refractivity contribution in [1.82, 2.24) is 54.4 Å². The van der Waals surface area contributed by atoms with E-state index in [1.54, 1.807) is 66.6 Å². The van der Waals surface area contributed by atoms with Gasteiger partial charge in [0.15, 0.2) is 0 Å². The summed E-state index contributed by atoms with van der Waals surface area (Å²) in [4.78, 5) is 56.1. The number of hydrogen-bond acceptors (Lipinski definition) is 17. The van der Waals surface area contributed by atoms with Crippen LogP contribution in [0.25, 0.3) is 5.69 Å². The molecule has 6 heterocycles. The minimum Gasteiger partial charge on any atom is -0.351 e. The second kappa shape index (κ2) is 22.4. The van der Waals surface area contributed by atoms with Gasteiger partial charge >= 0.3 is 0 Å². The molecule has 6 aromatic heterocycles. The molecule has 8 rings (SSSR count). The van der Waals surface area contributed by atoms with E-state index in [1.807, 2.05) is 49.7 Å². The van der Waals surface area contributed by atoms with Crippen LogP contribution in [0, 0.1) is 7.14 Å². The molecule has 4 N–H and O–H groups in total. The molecule has 0 radical (unpaired) electrons. The van der Waals surface area contributed by atoms with Crippen molar-refractivity contribution in [3.8, 4) is 5.69 Å². The van der Waals surface area contributed by atoms with Crippen LogP contribution in [0.1, 0.15) is 38.5 Å². The predicted molar refractivity (Wildman–Crippen MR) is 247 cm³/mol. The van der Waals surface area contributed by atoms with Crippen LogP contribution in [0.2, 0.25) is 5.28 Å². The topological polar surface area (TPSA) is 199 Å². The molecule has 0 aromatic carbocycles. The molecule has 2 fully saturated rings. The molecule has 0 spiro atoms. The minimum atomic E-state index is -0.107. The van der Waals surface area contributed by atoms with E-state index in [0.29, 0.717) is 52.9 Å². The molecule has 58 heavy (non-hydrogen) atoms. The van der Waals surface area contributed by atoms with Crippen LogP contribution in [-0.2, 0) is 0 Å². The van der Waals surface area contributed by atoms with E-state index in [-0.39, 0.29) is 11.6 Å². The summed E-state index contributed by atoms with van der Waals surface area (Å²) < 4.78 is 3.55. The number of halogens is 3.